The van der Waals surface area contributed by atoms with Crippen LogP contribution in [0.5, 0.6) is 0 Å². The minimum atomic E-state index is -3.68. The smallest absolute Gasteiger partial charge is 0.261 e. The zero-order valence-electron chi connectivity index (χ0n) is 13.3. The van der Waals surface area contributed by atoms with Crippen molar-refractivity contribution in [3.63, 3.8) is 0 Å². The Balaban J connectivity index is 2.05. The van der Waals surface area contributed by atoms with E-state index in [2.05, 4.69) is 17.0 Å². The van der Waals surface area contributed by atoms with Crippen molar-refractivity contribution in [3.05, 3.63) is 35.4 Å². The first-order chi connectivity index (χ1) is 11.3. The Bertz CT molecular complexity index is 803. The van der Waals surface area contributed by atoms with Crippen molar-refractivity contribution in [1.29, 1.82) is 0 Å². The number of hydroxylamine groups is 1. The molecule has 1 aromatic carbocycles. The number of hydrogen-bond donors (Lipinski definition) is 2. The fourth-order valence-corrected chi connectivity index (χ4v) is 3.41. The van der Waals surface area contributed by atoms with Crippen LogP contribution in [-0.4, -0.2) is 42.9 Å². The third kappa shape index (κ3) is 4.34. The molecule has 0 spiro atoms. The first-order valence-corrected chi connectivity index (χ1v) is 9.19. The van der Waals surface area contributed by atoms with E-state index in [1.165, 1.54) is 5.48 Å². The number of sulfone groups is 1. The summed E-state index contributed by atoms with van der Waals surface area (Å²) in [6, 6.07) is 7.44. The van der Waals surface area contributed by atoms with E-state index in [0.717, 1.165) is 17.4 Å². The largest absolute Gasteiger partial charge is 0.392 e. The second-order valence-electron chi connectivity index (χ2n) is 5.45. The lowest BCUT2D eigenvalue weighted by Crippen LogP contribution is -2.40. The first kappa shape index (κ1) is 18.0. The maximum Gasteiger partial charge on any atom is 0.261 e. The molecule has 0 aromatic heterocycles. The number of hydrogen-bond acceptors (Lipinski definition) is 6. The number of benzene rings is 1. The van der Waals surface area contributed by atoms with E-state index in [4.69, 9.17) is 10.0 Å². The number of nitrogens with zero attached hydrogens (tertiary/aromatic N) is 1. The van der Waals surface area contributed by atoms with Gasteiger partial charge in [-0.15, -0.1) is 5.92 Å². The molecule has 2 atom stereocenters. The molecule has 0 bridgehead atoms. The molecule has 8 heteroatoms. The van der Waals surface area contributed by atoms with Gasteiger partial charge in [0.15, 0.2) is 9.84 Å². The van der Waals surface area contributed by atoms with Crippen molar-refractivity contribution in [1.82, 2.24) is 5.48 Å². The lowest BCUT2D eigenvalue weighted by atomic mass is 10.0. The molecule has 1 aromatic rings. The van der Waals surface area contributed by atoms with Gasteiger partial charge in [-0.1, -0.05) is 23.2 Å². The van der Waals surface area contributed by atoms with Crippen LogP contribution in [0.15, 0.2) is 29.4 Å². The van der Waals surface area contributed by atoms with Gasteiger partial charge in [0, 0.05) is 24.7 Å². The summed E-state index contributed by atoms with van der Waals surface area (Å²) in [6.45, 7) is 1.76. The van der Waals surface area contributed by atoms with Crippen molar-refractivity contribution < 1.29 is 23.3 Å². The molecule has 0 radical (unpaired) electrons. The standard InChI is InChI=1S/C16H18N2O5S/c1-3-4-11-5-7-12(8-6-11)14-9-13(23-18-14)10-15(16(19)17-20)24(2,21)22/h5-8,13,15,20H,9-10H2,1-2H3,(H,17,19)/t13?,15-/m1/s1. The Hall–Kier alpha value is -2.37. The molecule has 2 N–H and O–H groups in total. The predicted octanol–water partition coefficient (Wildman–Crippen LogP) is 0.860. The highest BCUT2D eigenvalue weighted by Gasteiger charge is 2.35. The van der Waals surface area contributed by atoms with E-state index in [1.54, 1.807) is 6.92 Å². The van der Waals surface area contributed by atoms with Crippen LogP contribution in [0.25, 0.3) is 0 Å². The van der Waals surface area contributed by atoms with Gasteiger partial charge in [-0.25, -0.2) is 13.9 Å². The third-order valence-electron chi connectivity index (χ3n) is 3.62. The van der Waals surface area contributed by atoms with E-state index >= 15 is 0 Å². The van der Waals surface area contributed by atoms with Crippen LogP contribution in [0.3, 0.4) is 0 Å². The third-order valence-corrected chi connectivity index (χ3v) is 5.06. The van der Waals surface area contributed by atoms with Crippen molar-refractivity contribution in [2.45, 2.75) is 31.1 Å². The number of amides is 1. The fourth-order valence-electron chi connectivity index (χ4n) is 2.40. The van der Waals surface area contributed by atoms with Crippen LogP contribution in [0.4, 0.5) is 0 Å². The zero-order chi connectivity index (χ0) is 17.7. The van der Waals surface area contributed by atoms with Crippen LogP contribution in [-0.2, 0) is 19.5 Å². The average Bonchev–Trinajstić information content (AvgIpc) is 3.00. The molecule has 1 aliphatic rings. The van der Waals surface area contributed by atoms with Crippen LogP contribution < -0.4 is 5.48 Å². The van der Waals surface area contributed by atoms with E-state index in [9.17, 15) is 13.2 Å². The highest BCUT2D eigenvalue weighted by Crippen LogP contribution is 2.22. The summed E-state index contributed by atoms with van der Waals surface area (Å²) in [5.41, 5.74) is 3.79. The van der Waals surface area contributed by atoms with E-state index in [1.807, 2.05) is 24.3 Å². The second-order valence-corrected chi connectivity index (χ2v) is 7.68. The monoisotopic (exact) mass is 350 g/mol. The molecule has 7 nitrogen and oxygen atoms in total. The van der Waals surface area contributed by atoms with E-state index in [0.29, 0.717) is 12.1 Å². The van der Waals surface area contributed by atoms with Crippen molar-refractivity contribution in [2.24, 2.45) is 5.16 Å². The SMILES string of the molecule is CC#Cc1ccc(C2=NOC(C[C@H](C(=O)NO)S(C)(=O)=O)C2)cc1. The van der Waals surface area contributed by atoms with Crippen LogP contribution in [0, 0.1) is 11.8 Å². The topological polar surface area (TPSA) is 105 Å². The summed E-state index contributed by atoms with van der Waals surface area (Å²) >= 11 is 0. The maximum absolute atomic E-state index is 11.7. The molecule has 0 aliphatic carbocycles. The van der Waals surface area contributed by atoms with Gasteiger partial charge in [0.1, 0.15) is 11.4 Å². The molecule has 1 unspecified atom stereocenters. The maximum atomic E-state index is 11.7. The Morgan fingerprint density at radius 3 is 2.67 bits per heavy atom. The molecule has 1 amide bonds. The van der Waals surface area contributed by atoms with E-state index in [-0.39, 0.29) is 6.42 Å². The molecule has 1 aliphatic heterocycles. The quantitative estimate of drug-likeness (QED) is 0.465. The minimum absolute atomic E-state index is 0.0857. The molecular weight excluding hydrogens is 332 g/mol. The molecule has 1 heterocycles. The van der Waals surface area contributed by atoms with Crippen LogP contribution >= 0.6 is 0 Å². The van der Waals surface area contributed by atoms with Gasteiger partial charge < -0.3 is 4.84 Å². The summed E-state index contributed by atoms with van der Waals surface area (Å²) < 4.78 is 23.4. The second kappa shape index (κ2) is 7.47. The van der Waals surface area contributed by atoms with Crippen molar-refractivity contribution in [3.8, 4) is 11.8 Å². The minimum Gasteiger partial charge on any atom is -0.392 e. The number of nitrogens with one attached hydrogen (secondary N) is 1. The van der Waals surface area contributed by atoms with Crippen LogP contribution in [0.2, 0.25) is 0 Å². The van der Waals surface area contributed by atoms with Gasteiger partial charge in [-0.05, 0) is 24.6 Å². The summed E-state index contributed by atoms with van der Waals surface area (Å²) in [4.78, 5) is 16.8. The number of carbonyl (C=O) groups is 1. The Morgan fingerprint density at radius 1 is 1.46 bits per heavy atom. The Morgan fingerprint density at radius 2 is 2.12 bits per heavy atom. The number of oxime groups is 1. The molecule has 2 rings (SSSR count). The van der Waals surface area contributed by atoms with Crippen LogP contribution in [0.1, 0.15) is 30.9 Å². The van der Waals surface area contributed by atoms with E-state index < -0.39 is 27.1 Å². The summed E-state index contributed by atoms with van der Waals surface area (Å²) in [5, 5.41) is 11.3. The lowest BCUT2D eigenvalue weighted by molar-refractivity contribution is -0.129. The molecule has 24 heavy (non-hydrogen) atoms. The number of carbonyl (C=O) groups excluding carboxylic acids is 1. The van der Waals surface area contributed by atoms with Gasteiger partial charge in [0.05, 0.1) is 5.71 Å². The van der Waals surface area contributed by atoms with Crippen molar-refractivity contribution in [2.75, 3.05) is 6.26 Å². The zero-order valence-corrected chi connectivity index (χ0v) is 14.1. The predicted molar refractivity (Wildman–Crippen MR) is 88.2 cm³/mol. The molecule has 0 saturated heterocycles. The summed E-state index contributed by atoms with van der Waals surface area (Å²) in [5.74, 6) is 4.78. The Kier molecular flexibility index (Phi) is 5.59. The fraction of sp³-hybridized carbons (Fsp3) is 0.375. The number of rotatable bonds is 5. The Labute approximate surface area is 140 Å². The normalized spacial score (nSPS) is 18.0. The van der Waals surface area contributed by atoms with Gasteiger partial charge in [-0.3, -0.25) is 10.0 Å². The average molecular weight is 350 g/mol. The van der Waals surface area contributed by atoms with Crippen molar-refractivity contribution >= 4 is 21.5 Å². The summed E-state index contributed by atoms with van der Waals surface area (Å²) in [6.07, 6.45) is 0.685. The molecular formula is C16H18N2O5S. The molecule has 0 fully saturated rings. The molecule has 0 saturated carbocycles. The highest BCUT2D eigenvalue weighted by atomic mass is 32.2. The summed E-state index contributed by atoms with van der Waals surface area (Å²) in [7, 11) is -3.68. The van der Waals surface area contributed by atoms with Gasteiger partial charge in [-0.2, -0.15) is 0 Å². The van der Waals surface area contributed by atoms with Gasteiger partial charge in [0.25, 0.3) is 5.91 Å². The molecule has 128 valence electrons. The lowest BCUT2D eigenvalue weighted by Gasteiger charge is -2.15. The van der Waals surface area contributed by atoms with Gasteiger partial charge in [0.2, 0.25) is 0 Å². The van der Waals surface area contributed by atoms with Gasteiger partial charge >= 0.3 is 0 Å². The highest BCUT2D eigenvalue weighted by molar-refractivity contribution is 7.92. The first-order valence-electron chi connectivity index (χ1n) is 7.24.